The minimum atomic E-state index is -4.49. The summed E-state index contributed by atoms with van der Waals surface area (Å²) < 4.78 is 28.5. The molecule has 0 saturated carbocycles. The molecule has 1 heterocycles. The van der Waals surface area contributed by atoms with Crippen molar-refractivity contribution in [1.29, 1.82) is 0 Å². The third kappa shape index (κ3) is 15.7. The standard InChI is InChI=1S/C41H57N9O13S/c1-23(2)20-30(40(59)49(3)31(16-18-35(53)54)38(57)45-19-5-4-6-33(43)51)47-39(58)32-21-26(42)22-50(32)34(52)17-15-29(41(60)61)48-64(62,63)28-13-11-27(12-14-28)46-37(56)25-9-7-24(8-10-25)36(44)55/h7-14,23,26,29-32,48H,4-6,15-22,42H2,1-3H3,(H2,43,51)(H2,44,55)(H,45,57)(H,46,56)(H,47,58)(H,53,54)(H,60,61). The summed E-state index contributed by atoms with van der Waals surface area (Å²) in [6, 6.07) is 4.17. The predicted molar refractivity (Wildman–Crippen MR) is 229 cm³/mol. The van der Waals surface area contributed by atoms with Crippen LogP contribution in [0.4, 0.5) is 5.69 Å². The zero-order valence-electron chi connectivity index (χ0n) is 35.8. The van der Waals surface area contributed by atoms with Crippen LogP contribution in [0.2, 0.25) is 0 Å². The smallest absolute Gasteiger partial charge is 0.321 e. The lowest BCUT2D eigenvalue weighted by Gasteiger charge is -2.32. The molecule has 2 aromatic carbocycles. The first kappa shape index (κ1) is 51.9. The molecule has 0 aromatic heterocycles. The van der Waals surface area contributed by atoms with Gasteiger partial charge in [-0.3, -0.25) is 43.2 Å². The van der Waals surface area contributed by atoms with Gasteiger partial charge in [0.15, 0.2) is 0 Å². The zero-order valence-corrected chi connectivity index (χ0v) is 36.6. The number of amides is 7. The van der Waals surface area contributed by atoms with Crippen LogP contribution in [0.1, 0.15) is 92.4 Å². The van der Waals surface area contributed by atoms with Crippen LogP contribution in [-0.2, 0) is 43.6 Å². The number of carboxylic acids is 2. The molecule has 0 aliphatic carbocycles. The Labute approximate surface area is 370 Å². The lowest BCUT2D eigenvalue weighted by molar-refractivity contribution is -0.145. The van der Waals surface area contributed by atoms with Gasteiger partial charge in [-0.15, -0.1) is 0 Å². The number of carbonyl (C=O) groups excluding carboxylic acids is 7. The first-order valence-electron chi connectivity index (χ1n) is 20.5. The third-order valence-electron chi connectivity index (χ3n) is 10.3. The Morgan fingerprint density at radius 3 is 2.03 bits per heavy atom. The fourth-order valence-electron chi connectivity index (χ4n) is 6.87. The summed E-state index contributed by atoms with van der Waals surface area (Å²) in [5, 5.41) is 27.1. The molecule has 22 nitrogen and oxygen atoms in total. The monoisotopic (exact) mass is 915 g/mol. The summed E-state index contributed by atoms with van der Waals surface area (Å²) in [4.78, 5) is 115. The van der Waals surface area contributed by atoms with Gasteiger partial charge in [0.25, 0.3) is 5.91 Å². The fraction of sp³-hybridized carbons (Fsp3) is 0.488. The van der Waals surface area contributed by atoms with Gasteiger partial charge in [0, 0.05) is 62.3 Å². The van der Waals surface area contributed by atoms with Crippen molar-refractivity contribution >= 4 is 69.0 Å². The Morgan fingerprint density at radius 2 is 1.47 bits per heavy atom. The topological polar surface area (TPSA) is 361 Å². The maximum absolute atomic E-state index is 13.9. The number of nitrogens with two attached hydrogens (primary N) is 3. The van der Waals surface area contributed by atoms with Crippen molar-refractivity contribution in [3.63, 3.8) is 0 Å². The van der Waals surface area contributed by atoms with E-state index in [1.807, 2.05) is 0 Å². The number of rotatable bonds is 25. The summed E-state index contributed by atoms with van der Waals surface area (Å²) in [6.07, 6.45) is -0.781. The highest BCUT2D eigenvalue weighted by molar-refractivity contribution is 7.89. The molecular weight excluding hydrogens is 859 g/mol. The normalized spacial score (nSPS) is 16.2. The minimum absolute atomic E-state index is 0.0254. The van der Waals surface area contributed by atoms with E-state index in [4.69, 9.17) is 17.2 Å². The van der Waals surface area contributed by atoms with Gasteiger partial charge in [-0.1, -0.05) is 13.8 Å². The fourth-order valence-corrected chi connectivity index (χ4v) is 8.10. The summed E-state index contributed by atoms with van der Waals surface area (Å²) in [7, 11) is -3.18. The predicted octanol–water partition coefficient (Wildman–Crippen LogP) is -0.528. The van der Waals surface area contributed by atoms with Crippen LogP contribution in [0.5, 0.6) is 0 Å². The van der Waals surface area contributed by atoms with Gasteiger partial charge in [0.2, 0.25) is 45.5 Å². The number of hydrogen-bond acceptors (Lipinski definition) is 12. The van der Waals surface area contributed by atoms with Crippen molar-refractivity contribution in [2.75, 3.05) is 25.5 Å². The van der Waals surface area contributed by atoms with Crippen molar-refractivity contribution in [1.82, 2.24) is 25.2 Å². The summed E-state index contributed by atoms with van der Waals surface area (Å²) in [5.41, 5.74) is 17.1. The molecule has 2 aromatic rings. The van der Waals surface area contributed by atoms with Crippen molar-refractivity contribution < 1.29 is 61.8 Å². The maximum Gasteiger partial charge on any atom is 0.321 e. The number of likely N-dealkylation sites (tertiary alicyclic amines) is 1. The van der Waals surface area contributed by atoms with E-state index in [0.29, 0.717) is 12.8 Å². The summed E-state index contributed by atoms with van der Waals surface area (Å²) in [5.74, 6) is -7.52. The molecule has 7 amide bonds. The van der Waals surface area contributed by atoms with Gasteiger partial charge in [-0.25, -0.2) is 8.42 Å². The number of benzene rings is 2. The zero-order chi connectivity index (χ0) is 47.9. The van der Waals surface area contributed by atoms with E-state index in [1.165, 1.54) is 43.4 Å². The highest BCUT2D eigenvalue weighted by Crippen LogP contribution is 2.22. The van der Waals surface area contributed by atoms with Crippen molar-refractivity contribution in [3.8, 4) is 0 Å². The first-order valence-corrected chi connectivity index (χ1v) is 21.9. The SMILES string of the molecule is CC(C)CC(NC(=O)C1CC(N)CN1C(=O)CCC(NS(=O)(=O)c1ccc(NC(=O)c2ccc(C(N)=O)cc2)cc1)C(=O)O)C(=O)N(C)C(CCC(=O)O)C(=O)NCCCCC(N)=O. The summed E-state index contributed by atoms with van der Waals surface area (Å²) in [6.45, 7) is 3.59. The number of primary amides is 2. The highest BCUT2D eigenvalue weighted by Gasteiger charge is 2.41. The molecule has 1 fully saturated rings. The number of nitrogens with one attached hydrogen (secondary N) is 4. The number of carbonyl (C=O) groups is 9. The van der Waals surface area contributed by atoms with Crippen LogP contribution >= 0.6 is 0 Å². The molecular formula is C41H57N9O13S. The number of carboxylic acid groups (broad SMARTS) is 2. The molecule has 12 N–H and O–H groups in total. The van der Waals surface area contributed by atoms with Gasteiger partial charge < -0.3 is 53.2 Å². The minimum Gasteiger partial charge on any atom is -0.481 e. The van der Waals surface area contributed by atoms with E-state index in [9.17, 15) is 61.8 Å². The van der Waals surface area contributed by atoms with E-state index in [2.05, 4.69) is 20.7 Å². The van der Waals surface area contributed by atoms with Crippen LogP contribution in [0.15, 0.2) is 53.4 Å². The van der Waals surface area contributed by atoms with Gasteiger partial charge in [-0.05, 0) is 93.0 Å². The van der Waals surface area contributed by atoms with Gasteiger partial charge in [0.05, 0.1) is 4.90 Å². The van der Waals surface area contributed by atoms with E-state index in [-0.39, 0.29) is 66.4 Å². The van der Waals surface area contributed by atoms with Gasteiger partial charge in [0.1, 0.15) is 24.2 Å². The number of nitrogens with zero attached hydrogens (tertiary/aromatic N) is 2. The molecule has 1 aliphatic rings. The molecule has 5 unspecified atom stereocenters. The second kappa shape index (κ2) is 23.8. The molecule has 1 saturated heterocycles. The number of unbranched alkanes of at least 4 members (excludes halogenated alkanes) is 1. The van der Waals surface area contributed by atoms with Gasteiger partial charge >= 0.3 is 11.9 Å². The molecule has 350 valence electrons. The number of hydrogen-bond donors (Lipinski definition) is 9. The first-order chi connectivity index (χ1) is 30.0. The molecule has 5 atom stereocenters. The molecule has 1 aliphatic heterocycles. The van der Waals surface area contributed by atoms with E-state index in [0.717, 1.165) is 21.9 Å². The second-order valence-corrected chi connectivity index (χ2v) is 17.5. The largest absolute Gasteiger partial charge is 0.481 e. The summed E-state index contributed by atoms with van der Waals surface area (Å²) >= 11 is 0. The maximum atomic E-state index is 13.9. The third-order valence-corrected chi connectivity index (χ3v) is 11.8. The van der Waals surface area contributed by atoms with Crippen molar-refractivity contribution in [3.05, 3.63) is 59.7 Å². The average molecular weight is 916 g/mol. The lowest BCUT2D eigenvalue weighted by atomic mass is 10.00. The second-order valence-electron chi connectivity index (χ2n) is 15.8. The molecule has 0 bridgehead atoms. The van der Waals surface area contributed by atoms with Crippen LogP contribution in [0.25, 0.3) is 0 Å². The van der Waals surface area contributed by atoms with Crippen LogP contribution in [0, 0.1) is 5.92 Å². The van der Waals surface area contributed by atoms with Gasteiger partial charge in [-0.2, -0.15) is 4.72 Å². The Kier molecular flexibility index (Phi) is 19.3. The van der Waals surface area contributed by atoms with Crippen LogP contribution in [0.3, 0.4) is 0 Å². The highest BCUT2D eigenvalue weighted by atomic mass is 32.2. The van der Waals surface area contributed by atoms with E-state index >= 15 is 0 Å². The Bertz CT molecular complexity index is 2150. The number of likely N-dealkylation sites (N-methyl/N-ethyl adjacent to an activating group) is 1. The average Bonchev–Trinajstić information content (AvgIpc) is 3.63. The molecule has 0 radical (unpaired) electrons. The molecule has 0 spiro atoms. The number of aliphatic carboxylic acids is 2. The Hall–Kier alpha value is -6.46. The van der Waals surface area contributed by atoms with E-state index < -0.39 is 113 Å². The lowest BCUT2D eigenvalue weighted by Crippen LogP contribution is -2.57. The molecule has 23 heteroatoms. The Morgan fingerprint density at radius 1 is 0.844 bits per heavy atom. The number of anilines is 1. The molecule has 3 rings (SSSR count). The van der Waals surface area contributed by atoms with Crippen molar-refractivity contribution in [2.45, 2.75) is 107 Å². The van der Waals surface area contributed by atoms with Crippen molar-refractivity contribution in [2.24, 2.45) is 23.1 Å². The van der Waals surface area contributed by atoms with Crippen LogP contribution < -0.4 is 37.9 Å². The Balaban J connectivity index is 1.68. The van der Waals surface area contributed by atoms with E-state index in [1.54, 1.807) is 13.8 Å². The molecule has 64 heavy (non-hydrogen) atoms. The number of sulfonamides is 1. The van der Waals surface area contributed by atoms with Crippen LogP contribution in [-0.4, -0.2) is 132 Å². The quantitative estimate of drug-likeness (QED) is 0.0566.